The van der Waals surface area contributed by atoms with Gasteiger partial charge in [0.15, 0.2) is 0 Å². The van der Waals surface area contributed by atoms with Gasteiger partial charge in [-0.05, 0) is 30.7 Å². The molecule has 3 N–H and O–H groups in total. The minimum absolute atomic E-state index is 0.0150. The Kier molecular flexibility index (Phi) is 4.43. The summed E-state index contributed by atoms with van der Waals surface area (Å²) in [4.78, 5) is 12.9. The van der Waals surface area contributed by atoms with Gasteiger partial charge >= 0.3 is 0 Å². The molecule has 1 fully saturated rings. The molecule has 1 atom stereocenters. The molecule has 0 heterocycles. The van der Waals surface area contributed by atoms with Crippen LogP contribution in [0, 0.1) is 11.3 Å². The maximum Gasteiger partial charge on any atom is 0.233 e. The highest BCUT2D eigenvalue weighted by Gasteiger charge is 2.51. The fourth-order valence-electron chi connectivity index (χ4n) is 3.03. The van der Waals surface area contributed by atoms with Crippen LogP contribution < -0.4 is 11.1 Å². The highest BCUT2D eigenvalue weighted by atomic mass is 32.1. The van der Waals surface area contributed by atoms with E-state index in [-0.39, 0.29) is 11.9 Å². The van der Waals surface area contributed by atoms with Crippen LogP contribution in [0.2, 0.25) is 0 Å². The second-order valence-electron chi connectivity index (χ2n) is 5.80. The van der Waals surface area contributed by atoms with Gasteiger partial charge in [-0.1, -0.05) is 56.4 Å². The van der Waals surface area contributed by atoms with Gasteiger partial charge in [0, 0.05) is 0 Å². The van der Waals surface area contributed by atoms with E-state index in [1.54, 1.807) is 0 Å². The third kappa shape index (κ3) is 2.70. The smallest absolute Gasteiger partial charge is 0.233 e. The van der Waals surface area contributed by atoms with E-state index < -0.39 is 5.41 Å². The molecule has 1 aromatic rings. The van der Waals surface area contributed by atoms with Gasteiger partial charge in [-0.15, -0.1) is 0 Å². The fourth-order valence-corrected chi connectivity index (χ4v) is 3.29. The zero-order valence-electron chi connectivity index (χ0n) is 12.1. The minimum atomic E-state index is -0.628. The molecular weight excluding hydrogens is 268 g/mol. The number of carbonyl (C=O) groups is 1. The zero-order valence-corrected chi connectivity index (χ0v) is 12.9. The third-order valence-corrected chi connectivity index (χ3v) is 4.61. The first-order chi connectivity index (χ1) is 9.49. The molecule has 2 rings (SSSR count). The van der Waals surface area contributed by atoms with Crippen LogP contribution in [-0.4, -0.2) is 10.9 Å². The minimum Gasteiger partial charge on any atom is -0.392 e. The summed E-state index contributed by atoms with van der Waals surface area (Å²) in [5, 5.41) is 3.12. The van der Waals surface area contributed by atoms with Crippen molar-refractivity contribution >= 4 is 23.1 Å². The predicted octanol–water partition coefficient (Wildman–Crippen LogP) is 2.96. The first-order valence-electron chi connectivity index (χ1n) is 7.15. The number of nitrogens with one attached hydrogen (secondary N) is 1. The number of carbonyl (C=O) groups excluding carboxylic acids is 1. The van der Waals surface area contributed by atoms with Crippen molar-refractivity contribution < 1.29 is 4.79 Å². The Hall–Kier alpha value is -1.42. The number of hydrogen-bond donors (Lipinski definition) is 2. The molecule has 0 radical (unpaired) electrons. The Labute approximate surface area is 125 Å². The van der Waals surface area contributed by atoms with Crippen LogP contribution in [-0.2, 0) is 4.79 Å². The second-order valence-corrected chi connectivity index (χ2v) is 6.24. The number of amides is 1. The monoisotopic (exact) mass is 290 g/mol. The summed E-state index contributed by atoms with van der Waals surface area (Å²) >= 11 is 5.13. The van der Waals surface area contributed by atoms with E-state index in [1.165, 1.54) is 0 Å². The lowest BCUT2D eigenvalue weighted by Gasteiger charge is -2.44. The summed E-state index contributed by atoms with van der Waals surface area (Å²) in [7, 11) is 0. The van der Waals surface area contributed by atoms with Gasteiger partial charge in [-0.3, -0.25) is 4.79 Å². The van der Waals surface area contributed by atoms with Crippen LogP contribution in [0.4, 0.5) is 0 Å². The number of benzene rings is 1. The molecule has 1 saturated carbocycles. The summed E-state index contributed by atoms with van der Waals surface area (Å²) in [6.45, 7) is 4.19. The average Bonchev–Trinajstić information content (AvgIpc) is 2.41. The number of nitrogens with two attached hydrogens (primary N) is 1. The van der Waals surface area contributed by atoms with E-state index in [9.17, 15) is 4.79 Å². The first-order valence-corrected chi connectivity index (χ1v) is 7.56. The van der Waals surface area contributed by atoms with Crippen LogP contribution in [0.5, 0.6) is 0 Å². The molecule has 0 saturated heterocycles. The molecule has 4 heteroatoms. The van der Waals surface area contributed by atoms with Crippen LogP contribution >= 0.6 is 12.2 Å². The summed E-state index contributed by atoms with van der Waals surface area (Å²) < 4.78 is 0. The van der Waals surface area contributed by atoms with Crippen LogP contribution in [0.1, 0.15) is 44.7 Å². The lowest BCUT2D eigenvalue weighted by atomic mass is 9.62. The van der Waals surface area contributed by atoms with Gasteiger partial charge < -0.3 is 11.1 Å². The SMILES string of the molecule is CCC(NC(=O)C1(C(N)=S)CC(C)C1)c1ccccc1. The Morgan fingerprint density at radius 3 is 2.50 bits per heavy atom. The van der Waals surface area contributed by atoms with Crippen molar-refractivity contribution in [3.63, 3.8) is 0 Å². The molecule has 1 aliphatic rings. The second kappa shape index (κ2) is 5.92. The summed E-state index contributed by atoms with van der Waals surface area (Å²) in [6, 6.07) is 10.0. The molecule has 0 bridgehead atoms. The van der Waals surface area contributed by atoms with E-state index in [0.29, 0.717) is 10.9 Å². The summed E-state index contributed by atoms with van der Waals surface area (Å²) in [6.07, 6.45) is 2.37. The van der Waals surface area contributed by atoms with Crippen molar-refractivity contribution in [3.05, 3.63) is 35.9 Å². The molecule has 0 spiro atoms. The maximum atomic E-state index is 12.6. The molecule has 1 amide bonds. The fraction of sp³-hybridized carbons (Fsp3) is 0.500. The Balaban J connectivity index is 2.12. The predicted molar refractivity (Wildman–Crippen MR) is 85.2 cm³/mol. The van der Waals surface area contributed by atoms with E-state index >= 15 is 0 Å². The van der Waals surface area contributed by atoms with Gasteiger partial charge in [-0.25, -0.2) is 0 Å². The summed E-state index contributed by atoms with van der Waals surface area (Å²) in [5.74, 6) is 0.498. The largest absolute Gasteiger partial charge is 0.392 e. The normalized spacial score (nSPS) is 26.4. The Bertz CT molecular complexity index is 494. The van der Waals surface area contributed by atoms with Crippen molar-refractivity contribution in [2.24, 2.45) is 17.1 Å². The molecule has 1 aromatic carbocycles. The molecule has 20 heavy (non-hydrogen) atoms. The average molecular weight is 290 g/mol. The Morgan fingerprint density at radius 1 is 1.45 bits per heavy atom. The van der Waals surface area contributed by atoms with E-state index in [2.05, 4.69) is 19.2 Å². The quantitative estimate of drug-likeness (QED) is 0.820. The van der Waals surface area contributed by atoms with Crippen LogP contribution in [0.25, 0.3) is 0 Å². The summed E-state index contributed by atoms with van der Waals surface area (Å²) in [5.41, 5.74) is 6.31. The molecule has 1 aliphatic carbocycles. The topological polar surface area (TPSA) is 55.1 Å². The lowest BCUT2D eigenvalue weighted by Crippen LogP contribution is -2.56. The standard InChI is InChI=1S/C16H22N2OS/c1-3-13(12-7-5-4-6-8-12)18-15(19)16(14(17)20)9-11(2)10-16/h4-8,11,13H,3,9-10H2,1-2H3,(H2,17,20)(H,18,19). The first kappa shape index (κ1) is 15.0. The number of thiocarbonyl (C=S) groups is 1. The molecule has 1 unspecified atom stereocenters. The maximum absolute atomic E-state index is 12.6. The highest BCUT2D eigenvalue weighted by Crippen LogP contribution is 2.46. The van der Waals surface area contributed by atoms with Gasteiger partial charge in [0.1, 0.15) is 0 Å². The van der Waals surface area contributed by atoms with Gasteiger partial charge in [0.05, 0.1) is 16.4 Å². The zero-order chi connectivity index (χ0) is 14.8. The van der Waals surface area contributed by atoms with Crippen molar-refractivity contribution in [2.75, 3.05) is 0 Å². The van der Waals surface area contributed by atoms with Crippen molar-refractivity contribution in [1.29, 1.82) is 0 Å². The van der Waals surface area contributed by atoms with E-state index in [4.69, 9.17) is 18.0 Å². The number of hydrogen-bond acceptors (Lipinski definition) is 2. The van der Waals surface area contributed by atoms with Gasteiger partial charge in [-0.2, -0.15) is 0 Å². The van der Waals surface area contributed by atoms with Gasteiger partial charge in [0.2, 0.25) is 5.91 Å². The molecular formula is C16H22N2OS. The molecule has 0 aromatic heterocycles. The van der Waals surface area contributed by atoms with Crippen molar-refractivity contribution in [1.82, 2.24) is 5.32 Å². The van der Waals surface area contributed by atoms with E-state index in [0.717, 1.165) is 24.8 Å². The van der Waals surface area contributed by atoms with Gasteiger partial charge in [0.25, 0.3) is 0 Å². The molecule has 3 nitrogen and oxygen atoms in total. The molecule has 0 aliphatic heterocycles. The number of rotatable bonds is 5. The lowest BCUT2D eigenvalue weighted by molar-refractivity contribution is -0.133. The Morgan fingerprint density at radius 2 is 2.05 bits per heavy atom. The van der Waals surface area contributed by atoms with Crippen molar-refractivity contribution in [3.8, 4) is 0 Å². The molecule has 108 valence electrons. The van der Waals surface area contributed by atoms with Crippen molar-refractivity contribution in [2.45, 2.75) is 39.2 Å². The third-order valence-electron chi connectivity index (χ3n) is 4.22. The van der Waals surface area contributed by atoms with Crippen LogP contribution in [0.3, 0.4) is 0 Å². The van der Waals surface area contributed by atoms with E-state index in [1.807, 2.05) is 30.3 Å². The highest BCUT2D eigenvalue weighted by molar-refractivity contribution is 7.80. The van der Waals surface area contributed by atoms with Crippen LogP contribution in [0.15, 0.2) is 30.3 Å².